The lowest BCUT2D eigenvalue weighted by atomic mass is 10.3. The number of anilines is 1. The van der Waals surface area contributed by atoms with E-state index < -0.39 is 11.6 Å². The molecule has 2 aromatic heterocycles. The molecule has 0 spiro atoms. The quantitative estimate of drug-likeness (QED) is 0.846. The van der Waals surface area contributed by atoms with Crippen LogP contribution in [0.2, 0.25) is 0 Å². The van der Waals surface area contributed by atoms with Gasteiger partial charge in [0.2, 0.25) is 0 Å². The summed E-state index contributed by atoms with van der Waals surface area (Å²) in [7, 11) is 0. The lowest BCUT2D eigenvalue weighted by Gasteiger charge is -2.07. The number of hydrogen-bond donors (Lipinski definition) is 1. The van der Waals surface area contributed by atoms with Gasteiger partial charge in [0.05, 0.1) is 11.9 Å². The second-order valence-electron chi connectivity index (χ2n) is 4.41. The SMILES string of the molecule is Cc1cc(C)n(CCCNc2ncc(F)cc2F)n1. The Bertz CT molecular complexity index is 566. The molecule has 0 radical (unpaired) electrons. The van der Waals surface area contributed by atoms with Crippen molar-refractivity contribution in [2.75, 3.05) is 11.9 Å². The van der Waals surface area contributed by atoms with Gasteiger partial charge in [0.15, 0.2) is 11.6 Å². The first kappa shape index (κ1) is 13.5. The van der Waals surface area contributed by atoms with Crippen LogP contribution in [-0.2, 0) is 6.54 Å². The molecule has 0 saturated carbocycles. The highest BCUT2D eigenvalue weighted by molar-refractivity contribution is 5.35. The molecule has 19 heavy (non-hydrogen) atoms. The van der Waals surface area contributed by atoms with E-state index in [0.29, 0.717) is 6.54 Å². The largest absolute Gasteiger partial charge is 0.368 e. The molecule has 2 rings (SSSR count). The van der Waals surface area contributed by atoms with Gasteiger partial charge in [-0.15, -0.1) is 0 Å². The van der Waals surface area contributed by atoms with Crippen molar-refractivity contribution < 1.29 is 8.78 Å². The van der Waals surface area contributed by atoms with Crippen molar-refractivity contribution in [3.63, 3.8) is 0 Å². The van der Waals surface area contributed by atoms with Crippen LogP contribution >= 0.6 is 0 Å². The van der Waals surface area contributed by atoms with Gasteiger partial charge < -0.3 is 5.32 Å². The minimum Gasteiger partial charge on any atom is -0.368 e. The predicted octanol–water partition coefficient (Wildman–Crippen LogP) is 2.68. The lowest BCUT2D eigenvalue weighted by molar-refractivity contribution is 0.564. The van der Waals surface area contributed by atoms with Crippen LogP contribution in [0, 0.1) is 25.5 Å². The van der Waals surface area contributed by atoms with E-state index in [1.54, 1.807) is 0 Å². The molecule has 6 heteroatoms. The van der Waals surface area contributed by atoms with E-state index in [2.05, 4.69) is 15.4 Å². The smallest absolute Gasteiger partial charge is 0.168 e. The molecule has 0 aliphatic rings. The number of rotatable bonds is 5. The van der Waals surface area contributed by atoms with E-state index >= 15 is 0 Å². The molecule has 2 aromatic rings. The van der Waals surface area contributed by atoms with Crippen LogP contribution in [0.25, 0.3) is 0 Å². The molecular formula is C13H16F2N4. The average Bonchev–Trinajstić information content (AvgIpc) is 2.65. The zero-order chi connectivity index (χ0) is 13.8. The molecule has 0 aliphatic carbocycles. The fourth-order valence-corrected chi connectivity index (χ4v) is 1.88. The summed E-state index contributed by atoms with van der Waals surface area (Å²) in [6, 6.07) is 2.82. The molecule has 0 atom stereocenters. The summed E-state index contributed by atoms with van der Waals surface area (Å²) in [5.74, 6) is -1.27. The highest BCUT2D eigenvalue weighted by atomic mass is 19.1. The zero-order valence-corrected chi connectivity index (χ0v) is 11.0. The third kappa shape index (κ3) is 3.49. The topological polar surface area (TPSA) is 42.7 Å². The molecule has 0 amide bonds. The summed E-state index contributed by atoms with van der Waals surface area (Å²) in [6.45, 7) is 5.23. The third-order valence-electron chi connectivity index (χ3n) is 2.75. The Morgan fingerprint density at radius 3 is 2.68 bits per heavy atom. The predicted molar refractivity (Wildman–Crippen MR) is 69.0 cm³/mol. The van der Waals surface area contributed by atoms with Crippen LogP contribution in [0.4, 0.5) is 14.6 Å². The minimum absolute atomic E-state index is 0.0785. The molecule has 4 nitrogen and oxygen atoms in total. The van der Waals surface area contributed by atoms with Gasteiger partial charge in [0.1, 0.15) is 5.82 Å². The molecule has 0 aromatic carbocycles. The monoisotopic (exact) mass is 266 g/mol. The first-order valence-electron chi connectivity index (χ1n) is 6.12. The van der Waals surface area contributed by atoms with Crippen molar-refractivity contribution in [1.29, 1.82) is 0 Å². The van der Waals surface area contributed by atoms with Crippen molar-refractivity contribution in [1.82, 2.24) is 14.8 Å². The van der Waals surface area contributed by atoms with Crippen LogP contribution < -0.4 is 5.32 Å². The summed E-state index contributed by atoms with van der Waals surface area (Å²) >= 11 is 0. The van der Waals surface area contributed by atoms with E-state index in [1.165, 1.54) is 0 Å². The van der Waals surface area contributed by atoms with Gasteiger partial charge >= 0.3 is 0 Å². The Balaban J connectivity index is 1.82. The van der Waals surface area contributed by atoms with E-state index in [-0.39, 0.29) is 5.82 Å². The van der Waals surface area contributed by atoms with Crippen molar-refractivity contribution in [3.8, 4) is 0 Å². The Hall–Kier alpha value is -1.98. The molecule has 0 saturated heterocycles. The zero-order valence-electron chi connectivity index (χ0n) is 11.0. The Kier molecular flexibility index (Phi) is 4.09. The molecule has 0 unspecified atom stereocenters. The maximum Gasteiger partial charge on any atom is 0.168 e. The van der Waals surface area contributed by atoms with Crippen LogP contribution in [0.15, 0.2) is 18.3 Å². The van der Waals surface area contributed by atoms with E-state index in [1.807, 2.05) is 24.6 Å². The molecule has 2 heterocycles. The highest BCUT2D eigenvalue weighted by Crippen LogP contribution is 2.11. The van der Waals surface area contributed by atoms with Crippen LogP contribution in [0.3, 0.4) is 0 Å². The number of nitrogens with one attached hydrogen (secondary N) is 1. The van der Waals surface area contributed by atoms with Gasteiger partial charge in [-0.05, 0) is 26.3 Å². The van der Waals surface area contributed by atoms with Crippen molar-refractivity contribution in [2.45, 2.75) is 26.8 Å². The second-order valence-corrected chi connectivity index (χ2v) is 4.41. The number of aromatic nitrogens is 3. The highest BCUT2D eigenvalue weighted by Gasteiger charge is 2.05. The summed E-state index contributed by atoms with van der Waals surface area (Å²) < 4.78 is 27.9. The lowest BCUT2D eigenvalue weighted by Crippen LogP contribution is -2.10. The van der Waals surface area contributed by atoms with Crippen molar-refractivity contribution >= 4 is 5.82 Å². The maximum atomic E-state index is 13.3. The van der Waals surface area contributed by atoms with Crippen molar-refractivity contribution in [3.05, 3.63) is 41.4 Å². The molecule has 0 bridgehead atoms. The van der Waals surface area contributed by atoms with E-state index in [0.717, 1.165) is 36.6 Å². The first-order valence-corrected chi connectivity index (χ1v) is 6.12. The van der Waals surface area contributed by atoms with Crippen LogP contribution in [-0.4, -0.2) is 21.3 Å². The molecule has 0 fully saturated rings. The van der Waals surface area contributed by atoms with E-state index in [9.17, 15) is 8.78 Å². The fraction of sp³-hybridized carbons (Fsp3) is 0.385. The Morgan fingerprint density at radius 2 is 2.05 bits per heavy atom. The summed E-state index contributed by atoms with van der Waals surface area (Å²) in [4.78, 5) is 3.66. The molecular weight excluding hydrogens is 250 g/mol. The minimum atomic E-state index is -0.675. The Labute approximate surface area is 110 Å². The van der Waals surface area contributed by atoms with Gasteiger partial charge in [-0.1, -0.05) is 0 Å². The van der Waals surface area contributed by atoms with Gasteiger partial charge in [0, 0.05) is 24.8 Å². The molecule has 1 N–H and O–H groups in total. The number of aryl methyl sites for hydroxylation is 3. The molecule has 102 valence electrons. The van der Waals surface area contributed by atoms with Crippen LogP contribution in [0.5, 0.6) is 0 Å². The summed E-state index contributed by atoms with van der Waals surface area (Å²) in [5.41, 5.74) is 2.08. The third-order valence-corrected chi connectivity index (χ3v) is 2.75. The normalized spacial score (nSPS) is 10.7. The summed E-state index contributed by atoms with van der Waals surface area (Å²) in [6.07, 6.45) is 1.77. The van der Waals surface area contributed by atoms with Crippen molar-refractivity contribution in [2.24, 2.45) is 0 Å². The van der Waals surface area contributed by atoms with Gasteiger partial charge in [-0.3, -0.25) is 4.68 Å². The average molecular weight is 266 g/mol. The van der Waals surface area contributed by atoms with Gasteiger partial charge in [-0.25, -0.2) is 13.8 Å². The Morgan fingerprint density at radius 1 is 1.26 bits per heavy atom. The van der Waals surface area contributed by atoms with Gasteiger partial charge in [0.25, 0.3) is 0 Å². The number of pyridine rings is 1. The fourth-order valence-electron chi connectivity index (χ4n) is 1.88. The first-order chi connectivity index (χ1) is 9.06. The molecule has 0 aliphatic heterocycles. The summed E-state index contributed by atoms with van der Waals surface area (Å²) in [5, 5.41) is 7.18. The maximum absolute atomic E-state index is 13.3. The van der Waals surface area contributed by atoms with Gasteiger partial charge in [-0.2, -0.15) is 5.10 Å². The second kappa shape index (κ2) is 5.77. The van der Waals surface area contributed by atoms with E-state index in [4.69, 9.17) is 0 Å². The van der Waals surface area contributed by atoms with Crippen LogP contribution in [0.1, 0.15) is 17.8 Å². The standard InChI is InChI=1S/C13H16F2N4/c1-9-6-10(2)19(18-9)5-3-4-16-13-12(15)7-11(14)8-17-13/h6-8H,3-5H2,1-2H3,(H,16,17). The number of hydrogen-bond acceptors (Lipinski definition) is 3. The number of halogens is 2. The number of nitrogens with zero attached hydrogens (tertiary/aromatic N) is 3.